The van der Waals surface area contributed by atoms with Gasteiger partial charge in [-0.3, -0.25) is 0 Å². The molecule has 0 bridgehead atoms. The third kappa shape index (κ3) is 5.76. The van der Waals surface area contributed by atoms with Crippen molar-refractivity contribution in [3.8, 4) is 5.69 Å². The predicted octanol–water partition coefficient (Wildman–Crippen LogP) is 15.9. The minimum Gasteiger partial charge on any atom is -0.310 e. The van der Waals surface area contributed by atoms with Gasteiger partial charge >= 0.3 is 0 Å². The Morgan fingerprint density at radius 2 is 1.06 bits per heavy atom. The molecule has 0 saturated heterocycles. The van der Waals surface area contributed by atoms with Gasteiger partial charge in [-0.2, -0.15) is 0 Å². The molecule has 9 aromatic carbocycles. The molecule has 6 heteroatoms. The highest BCUT2D eigenvalue weighted by atomic mass is 32.1. The van der Waals surface area contributed by atoms with E-state index in [0.29, 0.717) is 16.2 Å². The van der Waals surface area contributed by atoms with Crippen LogP contribution < -0.4 is 31.1 Å². The number of fused-ring (bicyclic) bond motifs is 12. The van der Waals surface area contributed by atoms with E-state index in [9.17, 15) is 35.6 Å². The maximum absolute atomic E-state index is 11.1. The molecule has 0 spiro atoms. The van der Waals surface area contributed by atoms with Crippen LogP contribution >= 0.6 is 11.3 Å². The molecule has 69 heavy (non-hydrogen) atoms. The van der Waals surface area contributed by atoms with Gasteiger partial charge in [0.15, 0.2) is 0 Å². The van der Waals surface area contributed by atoms with Crippen LogP contribution in [0.5, 0.6) is 0 Å². The van der Waals surface area contributed by atoms with Gasteiger partial charge in [-0.25, -0.2) is 0 Å². The Morgan fingerprint density at radius 3 is 1.77 bits per heavy atom. The topological polar surface area (TPSA) is 14.7 Å². The third-order valence-corrected chi connectivity index (χ3v) is 13.8. The largest absolute Gasteiger partial charge is 0.310 e. The molecular formula is C63H51BN4S. The minimum atomic E-state index is -2.00. The molecule has 3 aliphatic heterocycles. The molecule has 3 aliphatic rings. The van der Waals surface area contributed by atoms with Gasteiger partial charge in [0.25, 0.3) is 6.71 Å². The van der Waals surface area contributed by atoms with Crippen LogP contribution in [0.2, 0.25) is 0 Å². The Morgan fingerprint density at radius 1 is 0.478 bits per heavy atom. The molecule has 5 heterocycles. The number of nitrogens with zero attached hydrogens (tertiary/aromatic N) is 4. The molecule has 4 nitrogen and oxygen atoms in total. The van der Waals surface area contributed by atoms with Gasteiger partial charge in [-0.15, -0.1) is 11.3 Å². The Balaban J connectivity index is 1.27. The highest BCUT2D eigenvalue weighted by Gasteiger charge is 2.46. The highest BCUT2D eigenvalue weighted by molar-refractivity contribution is 7.26. The molecule has 0 fully saturated rings. The molecule has 0 aliphatic carbocycles. The van der Waals surface area contributed by atoms with E-state index in [1.54, 1.807) is 41.5 Å². The smallest absolute Gasteiger partial charge is 0.252 e. The van der Waals surface area contributed by atoms with Crippen LogP contribution in [0.25, 0.3) is 47.7 Å². The average molecular weight is 937 g/mol. The Kier molecular flexibility index (Phi) is 4.25. The highest BCUT2D eigenvalue weighted by Crippen LogP contribution is 2.54. The van der Waals surface area contributed by atoms with Crippen molar-refractivity contribution < 1.29 is 41.1 Å². The first-order valence-electron chi connectivity index (χ1n) is 37.0. The summed E-state index contributed by atoms with van der Waals surface area (Å²) in [6, 6.07) is -24.1. The summed E-state index contributed by atoms with van der Waals surface area (Å²) in [5.41, 5.74) is -11.2. The number of thiophene rings is 1. The molecule has 0 unspecified atom stereocenters. The summed E-state index contributed by atoms with van der Waals surface area (Å²) >= 11 is 0.597. The molecule has 11 aromatic rings. The van der Waals surface area contributed by atoms with Gasteiger partial charge in [-0.05, 0) is 129 Å². The second-order valence-corrected chi connectivity index (χ2v) is 20.1. The first-order chi connectivity index (χ1) is 46.0. The summed E-state index contributed by atoms with van der Waals surface area (Å²) in [5, 5.41) is -1.36. The first kappa shape index (κ1) is 20.6. The van der Waals surface area contributed by atoms with Crippen LogP contribution in [-0.2, 0) is 10.8 Å². The summed E-state index contributed by atoms with van der Waals surface area (Å²) < 4.78 is 292. The molecule has 2 aromatic heterocycles. The van der Waals surface area contributed by atoms with E-state index in [1.807, 2.05) is 0 Å². The zero-order valence-corrected chi connectivity index (χ0v) is 38.6. The number of benzene rings is 9. The van der Waals surface area contributed by atoms with Crippen molar-refractivity contribution in [2.45, 2.75) is 59.3 Å². The van der Waals surface area contributed by atoms with Crippen molar-refractivity contribution in [2.75, 3.05) is 14.7 Å². The fraction of sp³-hybridized carbons (Fsp3) is 0.143. The first-order valence-corrected chi connectivity index (χ1v) is 22.8. The van der Waals surface area contributed by atoms with Gasteiger partial charge in [-0.1, -0.05) is 144 Å². The molecule has 14 rings (SSSR count). The van der Waals surface area contributed by atoms with E-state index in [4.69, 9.17) is 5.48 Å². The standard InChI is InChI=1S/C63H51BN4S/c1-38-35-55-58-56(36-38)68-51-21-12-17-46-44-15-8-10-20-50(44)67(59(46)51)52-22-14-19-49(60(52)68)64(58)48-34-33-43(37-54(48)66(55)53-23-13-18-47-45-16-9-11-24-57(45)69-61(47)53)65(41-29-25-39(26-30-41)62(2,3)4)42-31-27-40(28-32-42)63(5,6)7/h8-37H,1-7H3/i8D,9D,10D,11D,12D,13D,14D,15D,16D,17D,18D,19D,20D,21D,22D,23D,24D,25D,26D,27D,28D,29D,30D,31D,32D,33D,34D,35D,36D,37D. The lowest BCUT2D eigenvalue weighted by Gasteiger charge is -2.46. The van der Waals surface area contributed by atoms with Crippen LogP contribution in [-0.4, -0.2) is 11.3 Å². The van der Waals surface area contributed by atoms with Crippen molar-refractivity contribution >= 4 is 128 Å². The van der Waals surface area contributed by atoms with Crippen molar-refractivity contribution in [3.05, 3.63) is 198 Å². The lowest BCUT2D eigenvalue weighted by molar-refractivity contribution is 0.590. The lowest BCUT2D eigenvalue weighted by atomic mass is 9.33. The third-order valence-electron chi connectivity index (χ3n) is 12.7. The zero-order valence-electron chi connectivity index (χ0n) is 67.8. The number of hydrogen-bond donors (Lipinski definition) is 0. The molecule has 0 amide bonds. The fourth-order valence-electron chi connectivity index (χ4n) is 9.59. The number of para-hydroxylation sites is 3. The van der Waals surface area contributed by atoms with Crippen molar-refractivity contribution in [3.63, 3.8) is 0 Å². The number of hydrogen-bond acceptors (Lipinski definition) is 4. The average Bonchev–Trinajstić information content (AvgIpc) is 1.65. The van der Waals surface area contributed by atoms with Crippen LogP contribution in [0, 0.1) is 6.92 Å². The molecular weight excluding hydrogens is 856 g/mol. The predicted molar refractivity (Wildman–Crippen MR) is 298 cm³/mol. The molecule has 0 atom stereocenters. The minimum absolute atomic E-state index is 0.138. The van der Waals surface area contributed by atoms with Crippen LogP contribution in [0.1, 0.15) is 99.4 Å². The van der Waals surface area contributed by atoms with E-state index < -0.39 is 272 Å². The summed E-state index contributed by atoms with van der Waals surface area (Å²) in [5.74, 6) is 0. The molecule has 332 valence electrons. The molecule has 0 radical (unpaired) electrons. The monoisotopic (exact) mass is 937 g/mol. The fourth-order valence-corrected chi connectivity index (χ4v) is 10.6. The maximum Gasteiger partial charge on any atom is 0.252 e. The molecule has 0 saturated carbocycles. The number of anilines is 9. The van der Waals surface area contributed by atoms with Gasteiger partial charge in [0.2, 0.25) is 0 Å². The SMILES string of the molecule is [2H]c1c([2H])c2c3c(c1[2H])-n1c4c([2H])c([2H])c([2H])c([2H])c4c4c([2H])c([2H])c([2H])c(c41)N3c1c([2H])c(C)c([2H])c3c1B2c1c([2H])c([2H])c(N(c2c([2H])c([2H])c(C(C)(C)C)c([2H])c2[2H])c2c([2H])c([2H])c(C(C)(C)C)c([2H])c2[2H])c([2H])c1N3c1c([2H])c([2H])c([2H])c2c1sc1c([2H])c([2H])c([2H])c([2H])c12. The molecule has 0 N–H and O–H groups in total. The van der Waals surface area contributed by atoms with Crippen molar-refractivity contribution in [1.29, 1.82) is 0 Å². The normalized spacial score (nSPS) is 19.7. The van der Waals surface area contributed by atoms with Gasteiger partial charge in [0.05, 0.1) is 79.6 Å². The van der Waals surface area contributed by atoms with E-state index >= 15 is 0 Å². The second-order valence-electron chi connectivity index (χ2n) is 19.1. The van der Waals surface area contributed by atoms with Crippen LogP contribution in [0.15, 0.2) is 181 Å². The quantitative estimate of drug-likeness (QED) is 0.163. The number of aromatic nitrogens is 1. The van der Waals surface area contributed by atoms with Crippen LogP contribution in [0.3, 0.4) is 0 Å². The lowest BCUT2D eigenvalue weighted by Crippen LogP contribution is -2.61. The Labute approximate surface area is 450 Å². The van der Waals surface area contributed by atoms with Gasteiger partial charge in [0.1, 0.15) is 0 Å². The number of rotatable bonds is 4. The Hall–Kier alpha value is -7.54. The van der Waals surface area contributed by atoms with E-state index in [1.165, 1.54) is 11.8 Å². The second kappa shape index (κ2) is 14.3. The van der Waals surface area contributed by atoms with Crippen molar-refractivity contribution in [1.82, 2.24) is 4.57 Å². The van der Waals surface area contributed by atoms with Crippen LogP contribution in [0.4, 0.5) is 51.2 Å². The van der Waals surface area contributed by atoms with Gasteiger partial charge < -0.3 is 19.3 Å². The van der Waals surface area contributed by atoms with E-state index in [2.05, 4.69) is 0 Å². The van der Waals surface area contributed by atoms with E-state index in [-0.39, 0.29) is 58.6 Å². The summed E-state index contributed by atoms with van der Waals surface area (Å²) in [6.45, 7) is 8.98. The summed E-state index contributed by atoms with van der Waals surface area (Å²) in [4.78, 5) is 2.80. The van der Waals surface area contributed by atoms with Gasteiger partial charge in [0, 0.05) is 60.4 Å². The summed E-state index contributed by atoms with van der Waals surface area (Å²) in [7, 11) is 0. The summed E-state index contributed by atoms with van der Waals surface area (Å²) in [6.07, 6.45) is 0. The maximum atomic E-state index is 11.1. The zero-order chi connectivity index (χ0) is 72.8. The Bertz CT molecular complexity index is 5630. The van der Waals surface area contributed by atoms with E-state index in [0.717, 1.165) is 9.47 Å². The van der Waals surface area contributed by atoms with Crippen molar-refractivity contribution in [2.24, 2.45) is 0 Å².